The molecule has 1 aromatic heterocycles. The normalized spacial score (nSPS) is 17.0. The van der Waals surface area contributed by atoms with Gasteiger partial charge in [0, 0.05) is 19.8 Å². The van der Waals surface area contributed by atoms with E-state index >= 15 is 0 Å². The number of nitrogen functional groups attached to an aromatic ring is 1. The van der Waals surface area contributed by atoms with Crippen LogP contribution in [0.5, 0.6) is 0 Å². The maximum absolute atomic E-state index is 5.73. The van der Waals surface area contributed by atoms with Crippen molar-refractivity contribution in [3.63, 3.8) is 0 Å². The number of nitrogens with zero attached hydrogens (tertiary/aromatic N) is 1. The highest BCUT2D eigenvalue weighted by atomic mass is 16.5. The fourth-order valence-electron chi connectivity index (χ4n) is 2.10. The summed E-state index contributed by atoms with van der Waals surface area (Å²) in [5.41, 5.74) is 7.56. The molecule has 0 amide bonds. The average Bonchev–Trinajstić information content (AvgIpc) is 2.35. The third-order valence-electron chi connectivity index (χ3n) is 3.35. The number of nitrogens with two attached hydrogens (primary N) is 1. The van der Waals surface area contributed by atoms with E-state index in [1.54, 1.807) is 6.20 Å². The monoisotopic (exact) mass is 235 g/mol. The topological polar surface area (TPSA) is 60.2 Å². The van der Waals surface area contributed by atoms with Crippen LogP contribution in [0, 0.1) is 12.8 Å². The second-order valence-corrected chi connectivity index (χ2v) is 4.70. The van der Waals surface area contributed by atoms with E-state index in [1.165, 1.54) is 19.3 Å². The lowest BCUT2D eigenvalue weighted by atomic mass is 9.97. The van der Waals surface area contributed by atoms with Crippen LogP contribution in [0.1, 0.15) is 24.8 Å². The summed E-state index contributed by atoms with van der Waals surface area (Å²) in [6.45, 7) is 4.81. The van der Waals surface area contributed by atoms with Gasteiger partial charge >= 0.3 is 0 Å². The maximum atomic E-state index is 5.73. The Bertz CT molecular complexity index is 362. The Morgan fingerprint density at radius 2 is 2.24 bits per heavy atom. The van der Waals surface area contributed by atoms with Crippen molar-refractivity contribution in [2.75, 3.05) is 30.8 Å². The quantitative estimate of drug-likeness (QED) is 0.840. The summed E-state index contributed by atoms with van der Waals surface area (Å²) < 4.78 is 5.35. The zero-order valence-corrected chi connectivity index (χ0v) is 10.4. The van der Waals surface area contributed by atoms with Crippen molar-refractivity contribution in [2.24, 2.45) is 5.92 Å². The van der Waals surface area contributed by atoms with Gasteiger partial charge in [0.15, 0.2) is 0 Å². The number of hydrogen-bond donors (Lipinski definition) is 2. The smallest absolute Gasteiger partial charge is 0.126 e. The highest BCUT2D eigenvalue weighted by molar-refractivity contribution is 5.50. The molecule has 0 aliphatic carbocycles. The number of pyridine rings is 1. The molecular weight excluding hydrogens is 214 g/mol. The summed E-state index contributed by atoms with van der Waals surface area (Å²) in [5.74, 6) is 1.72. The van der Waals surface area contributed by atoms with Crippen molar-refractivity contribution in [1.29, 1.82) is 0 Å². The summed E-state index contributed by atoms with van der Waals surface area (Å²) in [6.07, 6.45) is 5.28. The van der Waals surface area contributed by atoms with E-state index in [0.29, 0.717) is 0 Å². The largest absolute Gasteiger partial charge is 0.397 e. The number of rotatable bonds is 4. The first-order valence-electron chi connectivity index (χ1n) is 6.29. The van der Waals surface area contributed by atoms with Crippen LogP contribution in [-0.2, 0) is 4.74 Å². The standard InChI is InChI=1S/C13H21N3O/c1-10-8-13(16-9-12(10)14)15-5-2-11-3-6-17-7-4-11/h8-9,11H,2-7,14H2,1H3,(H,15,16). The first kappa shape index (κ1) is 12.2. The van der Waals surface area contributed by atoms with E-state index in [-0.39, 0.29) is 0 Å². The first-order valence-corrected chi connectivity index (χ1v) is 6.29. The molecule has 1 fully saturated rings. The molecule has 1 aliphatic rings. The minimum atomic E-state index is 0.750. The summed E-state index contributed by atoms with van der Waals surface area (Å²) in [4.78, 5) is 4.26. The van der Waals surface area contributed by atoms with Crippen molar-refractivity contribution in [1.82, 2.24) is 4.98 Å². The van der Waals surface area contributed by atoms with Gasteiger partial charge in [-0.3, -0.25) is 0 Å². The van der Waals surface area contributed by atoms with E-state index in [9.17, 15) is 0 Å². The van der Waals surface area contributed by atoms with Crippen molar-refractivity contribution in [3.05, 3.63) is 17.8 Å². The van der Waals surface area contributed by atoms with Crippen LogP contribution in [-0.4, -0.2) is 24.7 Å². The zero-order valence-electron chi connectivity index (χ0n) is 10.4. The van der Waals surface area contributed by atoms with E-state index < -0.39 is 0 Å². The fraction of sp³-hybridized carbons (Fsp3) is 0.615. The Kier molecular flexibility index (Phi) is 4.20. The molecule has 0 atom stereocenters. The number of anilines is 2. The molecule has 0 spiro atoms. The molecule has 0 saturated carbocycles. The highest BCUT2D eigenvalue weighted by Gasteiger charge is 2.12. The van der Waals surface area contributed by atoms with Gasteiger partial charge in [-0.1, -0.05) is 0 Å². The second-order valence-electron chi connectivity index (χ2n) is 4.70. The molecule has 2 rings (SSSR count). The van der Waals surface area contributed by atoms with Crippen LogP contribution < -0.4 is 11.1 Å². The van der Waals surface area contributed by atoms with Gasteiger partial charge < -0.3 is 15.8 Å². The SMILES string of the molecule is Cc1cc(NCCC2CCOCC2)ncc1N. The van der Waals surface area contributed by atoms with Crippen LogP contribution in [0.2, 0.25) is 0 Å². The van der Waals surface area contributed by atoms with Crippen LogP contribution in [0.3, 0.4) is 0 Å². The van der Waals surface area contributed by atoms with Crippen LogP contribution in [0.4, 0.5) is 11.5 Å². The van der Waals surface area contributed by atoms with Crippen LogP contribution in [0.25, 0.3) is 0 Å². The molecule has 1 aromatic rings. The molecule has 4 heteroatoms. The molecule has 3 N–H and O–H groups in total. The van der Waals surface area contributed by atoms with Crippen LogP contribution >= 0.6 is 0 Å². The lowest BCUT2D eigenvalue weighted by Gasteiger charge is -2.22. The Labute approximate surface area is 103 Å². The van der Waals surface area contributed by atoms with E-state index in [0.717, 1.165) is 42.7 Å². The lowest BCUT2D eigenvalue weighted by Crippen LogP contribution is -2.18. The predicted molar refractivity (Wildman–Crippen MR) is 70.0 cm³/mol. The first-order chi connectivity index (χ1) is 8.25. The number of aryl methyl sites for hydroxylation is 1. The number of aromatic nitrogens is 1. The summed E-state index contributed by atoms with van der Waals surface area (Å²) >= 11 is 0. The Balaban J connectivity index is 1.75. The van der Waals surface area contributed by atoms with E-state index in [1.807, 2.05) is 13.0 Å². The van der Waals surface area contributed by atoms with Crippen molar-refractivity contribution >= 4 is 11.5 Å². The third-order valence-corrected chi connectivity index (χ3v) is 3.35. The summed E-state index contributed by atoms with van der Waals surface area (Å²) in [5, 5.41) is 3.35. The number of nitrogens with one attached hydrogen (secondary N) is 1. The molecule has 4 nitrogen and oxygen atoms in total. The average molecular weight is 235 g/mol. The van der Waals surface area contributed by atoms with Crippen molar-refractivity contribution in [3.8, 4) is 0 Å². The predicted octanol–water partition coefficient (Wildman–Crippen LogP) is 2.20. The van der Waals surface area contributed by atoms with Gasteiger partial charge in [-0.2, -0.15) is 0 Å². The van der Waals surface area contributed by atoms with Gasteiger partial charge in [0.05, 0.1) is 11.9 Å². The summed E-state index contributed by atoms with van der Waals surface area (Å²) in [7, 11) is 0. The van der Waals surface area contributed by atoms with Gasteiger partial charge in [0.25, 0.3) is 0 Å². The third kappa shape index (κ3) is 3.60. The van der Waals surface area contributed by atoms with Gasteiger partial charge in [-0.25, -0.2) is 4.98 Å². The minimum Gasteiger partial charge on any atom is -0.397 e. The number of ether oxygens (including phenoxy) is 1. The molecule has 0 aromatic carbocycles. The Morgan fingerprint density at radius 3 is 2.94 bits per heavy atom. The van der Waals surface area contributed by atoms with Crippen molar-refractivity contribution < 1.29 is 4.74 Å². The molecule has 0 radical (unpaired) electrons. The van der Waals surface area contributed by atoms with E-state index in [2.05, 4.69) is 10.3 Å². The van der Waals surface area contributed by atoms with Gasteiger partial charge in [-0.15, -0.1) is 0 Å². The molecule has 2 heterocycles. The fourth-order valence-corrected chi connectivity index (χ4v) is 2.10. The molecule has 0 unspecified atom stereocenters. The van der Waals surface area contributed by atoms with Gasteiger partial charge in [0.2, 0.25) is 0 Å². The van der Waals surface area contributed by atoms with E-state index in [4.69, 9.17) is 10.5 Å². The minimum absolute atomic E-state index is 0.750. The molecule has 1 saturated heterocycles. The van der Waals surface area contributed by atoms with Crippen LogP contribution in [0.15, 0.2) is 12.3 Å². The van der Waals surface area contributed by atoms with Gasteiger partial charge in [-0.05, 0) is 43.7 Å². The lowest BCUT2D eigenvalue weighted by molar-refractivity contribution is 0.0649. The molecule has 17 heavy (non-hydrogen) atoms. The molecule has 0 bridgehead atoms. The maximum Gasteiger partial charge on any atom is 0.126 e. The van der Waals surface area contributed by atoms with Gasteiger partial charge in [0.1, 0.15) is 5.82 Å². The zero-order chi connectivity index (χ0) is 12.1. The van der Waals surface area contributed by atoms with Crippen molar-refractivity contribution in [2.45, 2.75) is 26.2 Å². The Morgan fingerprint density at radius 1 is 1.47 bits per heavy atom. The highest BCUT2D eigenvalue weighted by Crippen LogP contribution is 2.19. The number of hydrogen-bond acceptors (Lipinski definition) is 4. The Hall–Kier alpha value is -1.29. The molecule has 94 valence electrons. The molecule has 1 aliphatic heterocycles. The second kappa shape index (κ2) is 5.87. The summed E-state index contributed by atoms with van der Waals surface area (Å²) in [6, 6.07) is 2.00. The molecular formula is C13H21N3O.